The van der Waals surface area contributed by atoms with Crippen LogP contribution < -0.4 is 10.1 Å². The lowest BCUT2D eigenvalue weighted by Gasteiger charge is -2.11. The van der Waals surface area contributed by atoms with Crippen LogP contribution in [0.1, 0.15) is 16.7 Å². The van der Waals surface area contributed by atoms with Crippen molar-refractivity contribution >= 4 is 11.9 Å². The van der Waals surface area contributed by atoms with Crippen molar-refractivity contribution in [2.24, 2.45) is 0 Å². The molecule has 5 heteroatoms. The second kappa shape index (κ2) is 11.4. The minimum atomic E-state index is -0.581. The Morgan fingerprint density at radius 3 is 2.10 bits per heavy atom. The fraction of sp³-hybridized carbons (Fsp3) is 0.200. The average Bonchev–Trinajstić information content (AvgIpc) is 2.78. The zero-order valence-corrected chi connectivity index (χ0v) is 16.8. The van der Waals surface area contributed by atoms with Crippen LogP contribution in [0, 0.1) is 0 Å². The number of hydrogen-bond acceptors (Lipinski definition) is 4. The van der Waals surface area contributed by atoms with Gasteiger partial charge in [0.1, 0.15) is 5.75 Å². The molecule has 0 fully saturated rings. The van der Waals surface area contributed by atoms with E-state index in [2.05, 4.69) is 5.32 Å². The van der Waals surface area contributed by atoms with Gasteiger partial charge in [-0.2, -0.15) is 0 Å². The first kappa shape index (κ1) is 21.1. The number of rotatable bonds is 10. The van der Waals surface area contributed by atoms with Crippen molar-refractivity contribution in [3.63, 3.8) is 0 Å². The number of esters is 1. The molecule has 3 aromatic carbocycles. The molecule has 0 heterocycles. The highest BCUT2D eigenvalue weighted by Crippen LogP contribution is 2.21. The molecule has 0 spiro atoms. The number of nitrogens with one attached hydrogen (secondary N) is 1. The number of carbonyl (C=O) groups is 2. The van der Waals surface area contributed by atoms with Crippen molar-refractivity contribution in [1.29, 1.82) is 0 Å². The molecule has 0 aliphatic heterocycles. The summed E-state index contributed by atoms with van der Waals surface area (Å²) in [5, 5.41) is 2.74. The predicted molar refractivity (Wildman–Crippen MR) is 115 cm³/mol. The minimum absolute atomic E-state index is 0.247. The van der Waals surface area contributed by atoms with Crippen LogP contribution in [0.5, 0.6) is 5.75 Å². The van der Waals surface area contributed by atoms with Gasteiger partial charge in [0.25, 0.3) is 5.91 Å². The van der Waals surface area contributed by atoms with Crippen LogP contribution in [0.25, 0.3) is 0 Å². The molecule has 0 unspecified atom stereocenters. The SMILES string of the molecule is O=C(COC(=O)COc1ccccc1Cc1ccccc1)NCCc1ccccc1. The Balaban J connectivity index is 1.39. The van der Waals surface area contributed by atoms with E-state index in [1.54, 1.807) is 0 Å². The first-order chi connectivity index (χ1) is 14.7. The maximum absolute atomic E-state index is 12.0. The number of carbonyl (C=O) groups excluding carboxylic acids is 2. The van der Waals surface area contributed by atoms with Gasteiger partial charge in [0.15, 0.2) is 13.2 Å². The zero-order valence-electron chi connectivity index (χ0n) is 16.8. The summed E-state index contributed by atoms with van der Waals surface area (Å²) < 4.78 is 10.6. The van der Waals surface area contributed by atoms with Crippen LogP contribution in [0.15, 0.2) is 84.9 Å². The molecule has 0 radical (unpaired) electrons. The van der Waals surface area contributed by atoms with Gasteiger partial charge in [-0.3, -0.25) is 4.79 Å². The number of hydrogen-bond donors (Lipinski definition) is 1. The third-order valence-electron chi connectivity index (χ3n) is 4.50. The quantitative estimate of drug-likeness (QED) is 0.526. The summed E-state index contributed by atoms with van der Waals surface area (Å²) in [6.45, 7) is -0.0739. The summed E-state index contributed by atoms with van der Waals surface area (Å²) >= 11 is 0. The fourth-order valence-electron chi connectivity index (χ4n) is 2.97. The smallest absolute Gasteiger partial charge is 0.344 e. The molecule has 3 aromatic rings. The van der Waals surface area contributed by atoms with E-state index < -0.39 is 5.97 Å². The first-order valence-corrected chi connectivity index (χ1v) is 9.91. The van der Waals surface area contributed by atoms with Gasteiger partial charge < -0.3 is 14.8 Å². The largest absolute Gasteiger partial charge is 0.482 e. The normalized spacial score (nSPS) is 10.3. The third-order valence-corrected chi connectivity index (χ3v) is 4.50. The molecule has 30 heavy (non-hydrogen) atoms. The van der Waals surface area contributed by atoms with Crippen LogP contribution in [0.3, 0.4) is 0 Å². The number of para-hydroxylation sites is 1. The molecule has 0 saturated heterocycles. The highest BCUT2D eigenvalue weighted by Gasteiger charge is 2.10. The molecular weight excluding hydrogens is 378 g/mol. The van der Waals surface area contributed by atoms with Gasteiger partial charge in [0.2, 0.25) is 0 Å². The molecule has 1 amide bonds. The van der Waals surface area contributed by atoms with Gasteiger partial charge in [-0.25, -0.2) is 4.79 Å². The van der Waals surface area contributed by atoms with Crippen molar-refractivity contribution in [3.8, 4) is 5.75 Å². The van der Waals surface area contributed by atoms with Gasteiger partial charge in [-0.15, -0.1) is 0 Å². The Bertz CT molecular complexity index is 942. The average molecular weight is 403 g/mol. The Morgan fingerprint density at radius 2 is 1.37 bits per heavy atom. The fourth-order valence-corrected chi connectivity index (χ4v) is 2.97. The molecule has 0 atom stereocenters. The lowest BCUT2D eigenvalue weighted by Crippen LogP contribution is -2.31. The lowest BCUT2D eigenvalue weighted by molar-refractivity contribution is -0.150. The minimum Gasteiger partial charge on any atom is -0.482 e. The monoisotopic (exact) mass is 403 g/mol. The number of benzene rings is 3. The second-order valence-corrected chi connectivity index (χ2v) is 6.81. The van der Waals surface area contributed by atoms with Gasteiger partial charge in [0, 0.05) is 13.0 Å². The molecule has 0 bridgehead atoms. The van der Waals surface area contributed by atoms with E-state index in [1.807, 2.05) is 84.9 Å². The topological polar surface area (TPSA) is 64.6 Å². The maximum atomic E-state index is 12.0. The summed E-state index contributed by atoms with van der Waals surface area (Å²) in [4.78, 5) is 23.8. The van der Waals surface area contributed by atoms with E-state index in [0.717, 1.165) is 23.1 Å². The highest BCUT2D eigenvalue weighted by molar-refractivity contribution is 5.80. The number of amides is 1. The molecular formula is C25H25NO4. The molecule has 0 aliphatic rings. The molecule has 3 rings (SSSR count). The van der Waals surface area contributed by atoms with Crippen molar-refractivity contribution in [1.82, 2.24) is 5.32 Å². The van der Waals surface area contributed by atoms with E-state index in [4.69, 9.17) is 9.47 Å². The summed E-state index contributed by atoms with van der Waals surface area (Å²) in [5.74, 6) is -0.280. The Labute approximate surface area is 176 Å². The van der Waals surface area contributed by atoms with Crippen molar-refractivity contribution < 1.29 is 19.1 Å². The van der Waals surface area contributed by atoms with Gasteiger partial charge in [-0.05, 0) is 29.2 Å². The van der Waals surface area contributed by atoms with E-state index in [9.17, 15) is 9.59 Å². The van der Waals surface area contributed by atoms with Crippen molar-refractivity contribution in [3.05, 3.63) is 102 Å². The third kappa shape index (κ3) is 7.09. The molecule has 154 valence electrons. The van der Waals surface area contributed by atoms with E-state index in [-0.39, 0.29) is 19.1 Å². The Hall–Kier alpha value is -3.60. The Kier molecular flexibility index (Phi) is 8.03. The highest BCUT2D eigenvalue weighted by atomic mass is 16.6. The molecule has 0 saturated carbocycles. The second-order valence-electron chi connectivity index (χ2n) is 6.81. The van der Waals surface area contributed by atoms with Crippen LogP contribution >= 0.6 is 0 Å². The maximum Gasteiger partial charge on any atom is 0.344 e. The van der Waals surface area contributed by atoms with E-state index in [1.165, 1.54) is 0 Å². The molecule has 1 N–H and O–H groups in total. The van der Waals surface area contributed by atoms with Crippen LogP contribution in [0.4, 0.5) is 0 Å². The van der Waals surface area contributed by atoms with E-state index in [0.29, 0.717) is 18.7 Å². The van der Waals surface area contributed by atoms with Crippen LogP contribution in [-0.2, 0) is 27.2 Å². The van der Waals surface area contributed by atoms with Crippen LogP contribution in [0.2, 0.25) is 0 Å². The predicted octanol–water partition coefficient (Wildman–Crippen LogP) is 3.56. The van der Waals surface area contributed by atoms with Crippen molar-refractivity contribution in [2.75, 3.05) is 19.8 Å². The zero-order chi connectivity index (χ0) is 21.0. The summed E-state index contributed by atoms with van der Waals surface area (Å²) in [7, 11) is 0. The molecule has 0 aromatic heterocycles. The Morgan fingerprint density at radius 1 is 0.733 bits per heavy atom. The first-order valence-electron chi connectivity index (χ1n) is 9.91. The summed E-state index contributed by atoms with van der Waals surface area (Å²) in [6, 6.07) is 27.5. The summed E-state index contributed by atoms with van der Waals surface area (Å²) in [5.41, 5.74) is 3.27. The van der Waals surface area contributed by atoms with Gasteiger partial charge in [0.05, 0.1) is 0 Å². The van der Waals surface area contributed by atoms with Gasteiger partial charge >= 0.3 is 5.97 Å². The van der Waals surface area contributed by atoms with E-state index >= 15 is 0 Å². The number of ether oxygens (including phenoxy) is 2. The summed E-state index contributed by atoms with van der Waals surface area (Å²) in [6.07, 6.45) is 1.43. The van der Waals surface area contributed by atoms with Crippen LogP contribution in [-0.4, -0.2) is 31.6 Å². The standard InChI is InChI=1S/C25H25NO4/c27-24(26-16-15-20-9-3-1-4-10-20)18-30-25(28)19-29-23-14-8-7-13-22(23)17-21-11-5-2-6-12-21/h1-14H,15-19H2,(H,26,27). The molecule has 5 nitrogen and oxygen atoms in total. The molecule has 0 aliphatic carbocycles. The lowest BCUT2D eigenvalue weighted by atomic mass is 10.0. The van der Waals surface area contributed by atoms with Gasteiger partial charge in [-0.1, -0.05) is 78.9 Å². The van der Waals surface area contributed by atoms with Crippen molar-refractivity contribution in [2.45, 2.75) is 12.8 Å².